The van der Waals surface area contributed by atoms with Crippen LogP contribution in [0.25, 0.3) is 0 Å². The van der Waals surface area contributed by atoms with Crippen molar-refractivity contribution in [3.05, 3.63) is 0 Å². The molecule has 0 saturated carbocycles. The van der Waals surface area contributed by atoms with Crippen LogP contribution in [0.1, 0.15) is 39.5 Å². The number of hydrogen-bond acceptors (Lipinski definition) is 1. The van der Waals surface area contributed by atoms with Gasteiger partial charge in [0, 0.05) is 13.2 Å². The molecule has 0 aliphatic carbocycles. The molecule has 0 bridgehead atoms. The lowest BCUT2D eigenvalue weighted by molar-refractivity contribution is 0.143. The van der Waals surface area contributed by atoms with Gasteiger partial charge in [0.1, 0.15) is 0 Å². The van der Waals surface area contributed by atoms with Gasteiger partial charge in [-0.25, -0.2) is 0 Å². The zero-order chi connectivity index (χ0) is 8.53. The summed E-state index contributed by atoms with van der Waals surface area (Å²) in [6.07, 6.45) is 5.22. The van der Waals surface area contributed by atoms with Crippen LogP contribution in [0.4, 0.5) is 0 Å². The van der Waals surface area contributed by atoms with Crippen molar-refractivity contribution in [2.45, 2.75) is 45.2 Å². The van der Waals surface area contributed by atoms with Crippen LogP contribution in [0, 0.1) is 0 Å². The fourth-order valence-electron chi connectivity index (χ4n) is 0.992. The second-order valence-electron chi connectivity index (χ2n) is 3.02. The summed E-state index contributed by atoms with van der Waals surface area (Å²) in [6.45, 7) is 6.10. The molecular weight excluding hydrogens is 155 g/mol. The van der Waals surface area contributed by atoms with Gasteiger partial charge in [0.2, 0.25) is 0 Å². The van der Waals surface area contributed by atoms with E-state index in [0.717, 1.165) is 18.9 Å². The minimum absolute atomic E-state index is 0.780. The first-order chi connectivity index (χ1) is 5.27. The Morgan fingerprint density at radius 1 is 1.27 bits per heavy atom. The van der Waals surface area contributed by atoms with Gasteiger partial charge in [0.25, 0.3) is 0 Å². The molecule has 0 aliphatic heterocycles. The van der Waals surface area contributed by atoms with Crippen molar-refractivity contribution in [3.63, 3.8) is 0 Å². The molecule has 0 heterocycles. The van der Waals surface area contributed by atoms with Crippen LogP contribution < -0.4 is 0 Å². The Morgan fingerprint density at radius 3 is 2.55 bits per heavy atom. The first-order valence-electron chi connectivity index (χ1n) is 4.60. The molecule has 0 rings (SSSR count). The zero-order valence-electron chi connectivity index (χ0n) is 7.81. The van der Waals surface area contributed by atoms with Gasteiger partial charge in [0.05, 0.1) is 0 Å². The molecule has 0 aliphatic rings. The van der Waals surface area contributed by atoms with Gasteiger partial charge in [-0.1, -0.05) is 19.8 Å². The smallest absolute Gasteiger partial charge is 0.0465 e. The lowest BCUT2D eigenvalue weighted by atomic mass is 10.1. The lowest BCUT2D eigenvalue weighted by Crippen LogP contribution is -1.94. The molecule has 0 saturated heterocycles. The van der Waals surface area contributed by atoms with Crippen molar-refractivity contribution in [2.24, 2.45) is 0 Å². The molecule has 2 atom stereocenters. The van der Waals surface area contributed by atoms with E-state index in [1.54, 1.807) is 0 Å². The Hall–Kier alpha value is 0.390. The molecule has 0 spiro atoms. The Kier molecular flexibility index (Phi) is 8.79. The van der Waals surface area contributed by atoms with Crippen LogP contribution in [-0.2, 0) is 4.74 Å². The van der Waals surface area contributed by atoms with E-state index in [9.17, 15) is 0 Å². The van der Waals surface area contributed by atoms with E-state index in [2.05, 4.69) is 16.2 Å². The highest BCUT2D eigenvalue weighted by molar-refractivity contribution is 7.17. The molecule has 0 aromatic heterocycles. The average Bonchev–Trinajstić information content (AvgIpc) is 1.96. The first-order valence-corrected chi connectivity index (χ1v) is 5.27. The van der Waals surface area contributed by atoms with E-state index in [1.807, 2.05) is 6.92 Å². The summed E-state index contributed by atoms with van der Waals surface area (Å²) in [5, 5.41) is 0. The summed E-state index contributed by atoms with van der Waals surface area (Å²) < 4.78 is 5.24. The van der Waals surface area contributed by atoms with E-state index in [4.69, 9.17) is 4.74 Å². The normalized spacial score (nSPS) is 13.4. The van der Waals surface area contributed by atoms with Crippen LogP contribution in [0.2, 0.25) is 0 Å². The van der Waals surface area contributed by atoms with Crippen molar-refractivity contribution in [1.82, 2.24) is 0 Å². The van der Waals surface area contributed by atoms with Crippen LogP contribution in [0.15, 0.2) is 0 Å². The van der Waals surface area contributed by atoms with E-state index in [-0.39, 0.29) is 0 Å². The average molecular weight is 176 g/mol. The van der Waals surface area contributed by atoms with Crippen LogP contribution in [-0.4, -0.2) is 18.9 Å². The fraction of sp³-hybridized carbons (Fsp3) is 1.00. The Labute approximate surface area is 73.1 Å². The van der Waals surface area contributed by atoms with Gasteiger partial charge in [-0.2, -0.15) is 0 Å². The van der Waals surface area contributed by atoms with Crippen molar-refractivity contribution >= 4 is 9.24 Å². The molecule has 0 radical (unpaired) electrons. The summed E-state index contributed by atoms with van der Waals surface area (Å²) in [7, 11) is 2.83. The third-order valence-corrected chi connectivity index (χ3v) is 1.99. The van der Waals surface area contributed by atoms with Crippen LogP contribution in [0.3, 0.4) is 0 Å². The highest BCUT2D eigenvalue weighted by atomic mass is 31.0. The topological polar surface area (TPSA) is 9.23 Å². The molecule has 2 heteroatoms. The number of ether oxygens (including phenoxy) is 1. The standard InChI is InChI=1S/C9H21OP/c1-3-10-8-6-4-5-7-9(2)11/h9H,3-8,11H2,1-2H3. The van der Waals surface area contributed by atoms with Crippen LogP contribution >= 0.6 is 9.24 Å². The summed E-state index contributed by atoms with van der Waals surface area (Å²) in [4.78, 5) is 0. The molecule has 0 aromatic carbocycles. The molecule has 0 N–H and O–H groups in total. The number of unbranched alkanes of at least 4 members (excludes halogenated alkanes) is 2. The third kappa shape index (κ3) is 10.4. The molecule has 11 heavy (non-hydrogen) atoms. The van der Waals surface area contributed by atoms with Gasteiger partial charge < -0.3 is 4.74 Å². The highest BCUT2D eigenvalue weighted by Crippen LogP contribution is 2.09. The van der Waals surface area contributed by atoms with Gasteiger partial charge >= 0.3 is 0 Å². The maximum atomic E-state index is 5.24. The molecule has 1 nitrogen and oxygen atoms in total. The molecule has 0 amide bonds. The molecule has 68 valence electrons. The summed E-state index contributed by atoms with van der Waals surface area (Å²) in [5.41, 5.74) is 0.780. The highest BCUT2D eigenvalue weighted by Gasteiger charge is 1.93. The quantitative estimate of drug-likeness (QED) is 0.428. The Balaban J connectivity index is 2.80. The van der Waals surface area contributed by atoms with Crippen molar-refractivity contribution in [2.75, 3.05) is 13.2 Å². The molecular formula is C9H21OP. The van der Waals surface area contributed by atoms with Crippen molar-refractivity contribution in [1.29, 1.82) is 0 Å². The largest absolute Gasteiger partial charge is 0.382 e. The summed E-state index contributed by atoms with van der Waals surface area (Å²) >= 11 is 0. The fourth-order valence-corrected chi connectivity index (χ4v) is 1.23. The zero-order valence-corrected chi connectivity index (χ0v) is 8.96. The SMILES string of the molecule is CCOCCCCCC(C)P. The van der Waals surface area contributed by atoms with Gasteiger partial charge in [-0.3, -0.25) is 0 Å². The number of rotatable bonds is 7. The van der Waals surface area contributed by atoms with E-state index >= 15 is 0 Å². The number of hydrogen-bond donors (Lipinski definition) is 0. The Morgan fingerprint density at radius 2 is 2.00 bits per heavy atom. The molecule has 2 unspecified atom stereocenters. The first kappa shape index (κ1) is 11.4. The lowest BCUT2D eigenvalue weighted by Gasteiger charge is -2.03. The van der Waals surface area contributed by atoms with Gasteiger partial charge in [-0.05, 0) is 25.4 Å². The summed E-state index contributed by atoms with van der Waals surface area (Å²) in [6, 6.07) is 0. The van der Waals surface area contributed by atoms with E-state index in [1.165, 1.54) is 25.7 Å². The van der Waals surface area contributed by atoms with Crippen molar-refractivity contribution in [3.8, 4) is 0 Å². The van der Waals surface area contributed by atoms with Crippen LogP contribution in [0.5, 0.6) is 0 Å². The van der Waals surface area contributed by atoms with Crippen molar-refractivity contribution < 1.29 is 4.74 Å². The van der Waals surface area contributed by atoms with Gasteiger partial charge in [-0.15, -0.1) is 9.24 Å². The second kappa shape index (κ2) is 8.49. The second-order valence-corrected chi connectivity index (χ2v) is 4.16. The van der Waals surface area contributed by atoms with E-state index in [0.29, 0.717) is 0 Å². The maximum Gasteiger partial charge on any atom is 0.0465 e. The third-order valence-electron chi connectivity index (χ3n) is 1.65. The maximum absolute atomic E-state index is 5.24. The summed E-state index contributed by atoms with van der Waals surface area (Å²) in [5.74, 6) is 0. The predicted molar refractivity (Wildman–Crippen MR) is 54.1 cm³/mol. The Bertz CT molecular complexity index is 74.0. The molecule has 0 aromatic rings. The van der Waals surface area contributed by atoms with Gasteiger partial charge in [0.15, 0.2) is 0 Å². The minimum atomic E-state index is 0.780. The molecule has 0 fully saturated rings. The monoisotopic (exact) mass is 176 g/mol. The van der Waals surface area contributed by atoms with E-state index < -0.39 is 0 Å². The predicted octanol–water partition coefficient (Wildman–Crippen LogP) is 2.85. The minimum Gasteiger partial charge on any atom is -0.382 e.